The van der Waals surface area contributed by atoms with Crippen LogP contribution in [0.3, 0.4) is 0 Å². The first-order chi connectivity index (χ1) is 8.48. The summed E-state index contributed by atoms with van der Waals surface area (Å²) >= 11 is 6.06. The summed E-state index contributed by atoms with van der Waals surface area (Å²) in [5, 5.41) is 13.6. The third-order valence-corrected chi connectivity index (χ3v) is 5.12. The van der Waals surface area contributed by atoms with E-state index in [4.69, 9.17) is 16.9 Å². The minimum Gasteiger partial charge on any atom is -0.251 e. The zero-order chi connectivity index (χ0) is 13.3. The normalized spacial score (nSPS) is 15.6. The number of sulfone groups is 1. The quantitative estimate of drug-likeness (QED) is 0.826. The summed E-state index contributed by atoms with van der Waals surface area (Å²) in [4.78, 5) is 0. The van der Waals surface area contributed by atoms with Crippen molar-refractivity contribution in [1.29, 1.82) is 5.26 Å². The molecule has 0 aromatic carbocycles. The predicted octanol–water partition coefficient (Wildman–Crippen LogP) is 1.72. The van der Waals surface area contributed by atoms with Gasteiger partial charge in [0.25, 0.3) is 0 Å². The topological polar surface area (TPSA) is 75.8 Å². The molecule has 2 rings (SSSR count). The van der Waals surface area contributed by atoms with Gasteiger partial charge < -0.3 is 0 Å². The van der Waals surface area contributed by atoms with Crippen LogP contribution in [0, 0.1) is 11.3 Å². The zero-order valence-corrected chi connectivity index (χ0v) is 11.6. The molecule has 1 fully saturated rings. The predicted molar refractivity (Wildman–Crippen MR) is 68.3 cm³/mol. The Bertz CT molecular complexity index is 597. The first-order valence-corrected chi connectivity index (χ1v) is 8.05. The highest BCUT2D eigenvalue weighted by atomic mass is 35.5. The molecule has 1 aromatic heterocycles. The van der Waals surface area contributed by atoms with Crippen LogP contribution in [-0.4, -0.2) is 29.7 Å². The molecule has 18 heavy (non-hydrogen) atoms. The van der Waals surface area contributed by atoms with Crippen LogP contribution in [0.15, 0.2) is 0 Å². The van der Waals surface area contributed by atoms with Crippen molar-refractivity contribution in [2.75, 3.05) is 11.5 Å². The van der Waals surface area contributed by atoms with Crippen molar-refractivity contribution in [1.82, 2.24) is 9.78 Å². The first kappa shape index (κ1) is 13.4. The van der Waals surface area contributed by atoms with Gasteiger partial charge in [-0.25, -0.2) is 8.42 Å². The monoisotopic (exact) mass is 287 g/mol. The maximum Gasteiger partial charge on any atom is 0.151 e. The van der Waals surface area contributed by atoms with Crippen LogP contribution in [0.5, 0.6) is 0 Å². The van der Waals surface area contributed by atoms with Crippen LogP contribution in [0.2, 0.25) is 5.15 Å². The van der Waals surface area contributed by atoms with Gasteiger partial charge in [0.1, 0.15) is 16.8 Å². The minimum absolute atomic E-state index is 0.000124. The lowest BCUT2D eigenvalue weighted by atomic mass is 10.2. The number of aromatic nitrogens is 2. The molecule has 0 radical (unpaired) electrons. The summed E-state index contributed by atoms with van der Waals surface area (Å²) in [5.74, 6) is 0.424. The third kappa shape index (κ3) is 2.68. The van der Waals surface area contributed by atoms with Crippen molar-refractivity contribution >= 4 is 21.4 Å². The molecule has 1 saturated carbocycles. The molecule has 1 aromatic rings. The molecule has 0 spiro atoms. The molecule has 1 heterocycles. The van der Waals surface area contributed by atoms with Gasteiger partial charge in [0.05, 0.1) is 18.0 Å². The molecule has 0 unspecified atom stereocenters. The number of nitriles is 1. The number of halogens is 1. The molecule has 0 N–H and O–H groups in total. The van der Waals surface area contributed by atoms with Crippen molar-refractivity contribution in [3.05, 3.63) is 16.4 Å². The van der Waals surface area contributed by atoms with Crippen LogP contribution < -0.4 is 0 Å². The van der Waals surface area contributed by atoms with Gasteiger partial charge in [0.2, 0.25) is 0 Å². The second-order valence-corrected chi connectivity index (χ2v) is 7.23. The van der Waals surface area contributed by atoms with Crippen LogP contribution in [0.1, 0.15) is 36.9 Å². The zero-order valence-electron chi connectivity index (χ0n) is 10.1. The van der Waals surface area contributed by atoms with Gasteiger partial charge in [0.15, 0.2) is 9.84 Å². The fraction of sp³-hybridized carbons (Fsp3) is 0.636. The van der Waals surface area contributed by atoms with E-state index in [9.17, 15) is 8.42 Å². The molecule has 98 valence electrons. The summed E-state index contributed by atoms with van der Waals surface area (Å²) in [6, 6.07) is 2.05. The summed E-state index contributed by atoms with van der Waals surface area (Å²) in [6.45, 7) is 1.81. The van der Waals surface area contributed by atoms with Crippen LogP contribution in [0.25, 0.3) is 0 Å². The van der Waals surface area contributed by atoms with Crippen molar-refractivity contribution in [2.45, 2.75) is 32.2 Å². The Morgan fingerprint density at radius 1 is 1.56 bits per heavy atom. The Hall–Kier alpha value is -1.06. The van der Waals surface area contributed by atoms with Gasteiger partial charge in [-0.15, -0.1) is 0 Å². The van der Waals surface area contributed by atoms with Gasteiger partial charge in [-0.2, -0.15) is 10.4 Å². The molecule has 7 heteroatoms. The molecule has 0 aliphatic heterocycles. The van der Waals surface area contributed by atoms with Crippen molar-refractivity contribution in [2.24, 2.45) is 0 Å². The Kier molecular flexibility index (Phi) is 3.64. The minimum atomic E-state index is -3.05. The molecule has 5 nitrogen and oxygen atoms in total. The maximum absolute atomic E-state index is 11.4. The summed E-state index contributed by atoms with van der Waals surface area (Å²) in [7, 11) is -3.05. The van der Waals surface area contributed by atoms with E-state index in [0.717, 1.165) is 18.5 Å². The molecule has 0 bridgehead atoms. The largest absolute Gasteiger partial charge is 0.251 e. The lowest BCUT2D eigenvalue weighted by molar-refractivity contribution is 0.580. The Morgan fingerprint density at radius 3 is 2.72 bits per heavy atom. The summed E-state index contributed by atoms with van der Waals surface area (Å²) in [5.41, 5.74) is 1.12. The molecule has 0 saturated heterocycles. The average Bonchev–Trinajstić information content (AvgIpc) is 3.12. The lowest BCUT2D eigenvalue weighted by Crippen LogP contribution is -2.15. The highest BCUT2D eigenvalue weighted by molar-refractivity contribution is 7.91. The number of nitrogens with zero attached hydrogens (tertiary/aromatic N) is 3. The van der Waals surface area contributed by atoms with E-state index >= 15 is 0 Å². The number of hydrogen-bond donors (Lipinski definition) is 0. The van der Waals surface area contributed by atoms with E-state index in [0.29, 0.717) is 11.5 Å². The van der Waals surface area contributed by atoms with E-state index in [1.54, 1.807) is 6.92 Å². The molecule has 0 atom stereocenters. The van der Waals surface area contributed by atoms with Crippen LogP contribution in [-0.2, 0) is 16.4 Å². The number of hydrogen-bond acceptors (Lipinski definition) is 4. The highest BCUT2D eigenvalue weighted by Gasteiger charge is 2.31. The van der Waals surface area contributed by atoms with Crippen LogP contribution >= 0.6 is 11.6 Å². The van der Waals surface area contributed by atoms with Crippen molar-refractivity contribution in [3.63, 3.8) is 0 Å². The fourth-order valence-corrected chi connectivity index (χ4v) is 2.72. The van der Waals surface area contributed by atoms with Gasteiger partial charge in [0, 0.05) is 11.7 Å². The molecular weight excluding hydrogens is 274 g/mol. The second kappa shape index (κ2) is 4.90. The molecule has 1 aliphatic rings. The smallest absolute Gasteiger partial charge is 0.151 e. The molecular formula is C11H14ClN3O2S. The van der Waals surface area contributed by atoms with Gasteiger partial charge in [-0.1, -0.05) is 18.5 Å². The lowest BCUT2D eigenvalue weighted by Gasteiger charge is -2.03. The van der Waals surface area contributed by atoms with E-state index < -0.39 is 9.84 Å². The fourth-order valence-electron chi connectivity index (χ4n) is 1.72. The van der Waals surface area contributed by atoms with Gasteiger partial charge in [-0.05, 0) is 12.8 Å². The van der Waals surface area contributed by atoms with Crippen molar-refractivity contribution in [3.8, 4) is 6.07 Å². The first-order valence-electron chi connectivity index (χ1n) is 5.85. The summed E-state index contributed by atoms with van der Waals surface area (Å²) in [6.07, 6.45) is 2.05. The van der Waals surface area contributed by atoms with Gasteiger partial charge in [-0.3, -0.25) is 4.68 Å². The molecule has 0 amide bonds. The summed E-state index contributed by atoms with van der Waals surface area (Å²) < 4.78 is 24.3. The SMILES string of the molecule is CCS(=O)(=O)CCn1nc(C2CC2)c(C#N)c1Cl. The maximum atomic E-state index is 11.4. The van der Waals surface area contributed by atoms with Crippen LogP contribution in [0.4, 0.5) is 0 Å². The average molecular weight is 288 g/mol. The molecule has 1 aliphatic carbocycles. The van der Waals surface area contributed by atoms with Crippen molar-refractivity contribution < 1.29 is 8.42 Å². The van der Waals surface area contributed by atoms with E-state index in [2.05, 4.69) is 11.2 Å². The second-order valence-electron chi connectivity index (χ2n) is 4.40. The number of aryl methyl sites for hydroxylation is 1. The standard InChI is InChI=1S/C11H14ClN3O2S/c1-2-18(16,17)6-5-15-11(12)9(7-13)10(14-15)8-3-4-8/h8H,2-6H2,1H3. The third-order valence-electron chi connectivity index (χ3n) is 3.05. The Morgan fingerprint density at radius 2 is 2.22 bits per heavy atom. The van der Waals surface area contributed by atoms with E-state index in [1.165, 1.54) is 4.68 Å². The van der Waals surface area contributed by atoms with Gasteiger partial charge >= 0.3 is 0 Å². The Labute approximate surface area is 111 Å². The van der Waals surface area contributed by atoms with E-state index in [1.807, 2.05) is 0 Å². The Balaban J connectivity index is 2.22. The number of rotatable bonds is 5. The highest BCUT2D eigenvalue weighted by Crippen LogP contribution is 2.42. The van der Waals surface area contributed by atoms with E-state index in [-0.39, 0.29) is 23.2 Å².